The van der Waals surface area contributed by atoms with E-state index in [1.165, 1.54) is 18.6 Å². The van der Waals surface area contributed by atoms with Crippen molar-refractivity contribution in [2.75, 3.05) is 114 Å². The minimum atomic E-state index is -3.59. The molecule has 1 atom stereocenters. The molecule has 0 bridgehead atoms. The van der Waals surface area contributed by atoms with Gasteiger partial charge in [0, 0.05) is 100 Å². The Morgan fingerprint density at radius 3 is 1.18 bits per heavy atom. The van der Waals surface area contributed by atoms with Crippen LogP contribution >= 0.6 is 34.8 Å². The zero-order valence-electron chi connectivity index (χ0n) is 84.6. The van der Waals surface area contributed by atoms with Gasteiger partial charge in [-0.2, -0.15) is 9.97 Å². The first-order chi connectivity index (χ1) is 69.7. The van der Waals surface area contributed by atoms with E-state index in [0.29, 0.717) is 181 Å². The predicted octanol–water partition coefficient (Wildman–Crippen LogP) is 16.4. The Morgan fingerprint density at radius 1 is 0.425 bits per heavy atom. The lowest BCUT2D eigenvalue weighted by Crippen LogP contribution is -2.50. The molecule has 18 rings (SSSR count). The van der Waals surface area contributed by atoms with Gasteiger partial charge in [0.05, 0.1) is 126 Å². The van der Waals surface area contributed by atoms with Crippen molar-refractivity contribution in [2.24, 2.45) is 0 Å². The first-order valence-corrected chi connectivity index (χ1v) is 56.2. The van der Waals surface area contributed by atoms with E-state index in [2.05, 4.69) is 56.8 Å². The number of benzene rings is 6. The number of nitrogens with one attached hydrogen (secondary N) is 6. The number of fused-ring (bicyclic) bond motifs is 3. The molecule has 6 aromatic carbocycles. The van der Waals surface area contributed by atoms with Crippen LogP contribution in [0.2, 0.25) is 15.1 Å². The van der Waals surface area contributed by atoms with Crippen molar-refractivity contribution in [3.63, 3.8) is 0 Å². The van der Waals surface area contributed by atoms with Crippen molar-refractivity contribution in [2.45, 2.75) is 257 Å². The summed E-state index contributed by atoms with van der Waals surface area (Å²) in [7, 11) is -3.08. The van der Waals surface area contributed by atoms with Gasteiger partial charge >= 0.3 is 0 Å². The van der Waals surface area contributed by atoms with Gasteiger partial charge < -0.3 is 85.3 Å². The molecule has 0 radical (unpaired) electrons. The number of halogens is 3. The normalized spacial score (nSPS) is 17.7. The van der Waals surface area contributed by atoms with E-state index >= 15 is 0 Å². The number of piperidine rings is 3. The Morgan fingerprint density at radius 2 is 0.795 bits per heavy atom. The first-order valence-electron chi connectivity index (χ1n) is 50.4. The number of ether oxygens (including phenoxy) is 3. The molecule has 0 spiro atoms. The number of carbonyl (C=O) groups is 6. The Balaban J connectivity index is 0.000000157. The number of nitrogens with zero attached hydrogens (tertiary/aromatic N) is 14. The monoisotopic (exact) mass is 2110 g/mol. The number of rotatable bonds is 32. The molecule has 6 fully saturated rings. The Labute approximate surface area is 869 Å². The Kier molecular flexibility index (Phi) is 34.1. The van der Waals surface area contributed by atoms with Gasteiger partial charge in [0.15, 0.2) is 41.1 Å². The third-order valence-electron chi connectivity index (χ3n) is 27.9. The molecule has 9 aliphatic rings. The number of sulfone groups is 3. The summed E-state index contributed by atoms with van der Waals surface area (Å²) in [4.78, 5) is 122. The lowest BCUT2D eigenvalue weighted by Gasteiger charge is -2.37. The van der Waals surface area contributed by atoms with Crippen LogP contribution in [-0.2, 0) is 70.0 Å². The first kappa shape index (κ1) is 107. The lowest BCUT2D eigenvalue weighted by atomic mass is 10.00. The van der Waals surface area contributed by atoms with E-state index < -0.39 is 34.8 Å². The van der Waals surface area contributed by atoms with Gasteiger partial charge in [0.2, 0.25) is 35.6 Å². The van der Waals surface area contributed by atoms with Gasteiger partial charge in [-0.15, -0.1) is 0 Å². The number of para-hydroxylation sites is 2. The Hall–Kier alpha value is -11.6. The average molecular weight is 2120 g/mol. The summed E-state index contributed by atoms with van der Waals surface area (Å²) >= 11 is 19.5. The van der Waals surface area contributed by atoms with Crippen molar-refractivity contribution in [3.05, 3.63) is 187 Å². The maximum atomic E-state index is 13.8. The van der Waals surface area contributed by atoms with E-state index in [4.69, 9.17) is 54.0 Å². The number of hydrogen-bond acceptors (Lipinski definition) is 29. The minimum absolute atomic E-state index is 0.0309. The molecule has 780 valence electrons. The van der Waals surface area contributed by atoms with Crippen molar-refractivity contribution >= 4 is 158 Å². The summed E-state index contributed by atoms with van der Waals surface area (Å²) in [5, 5.41) is 18.5. The highest BCUT2D eigenvalue weighted by Crippen LogP contribution is 2.45. The van der Waals surface area contributed by atoms with Crippen LogP contribution in [0.4, 0.5) is 57.9 Å². The second kappa shape index (κ2) is 46.4. The molecular weight excluding hydrogens is 1980 g/mol. The standard InChI is InChI=1S/C37H47ClN6O5S.2C34H42ClN7O5S/c1-24(2)49-33-19-26-22-44(27-14-16-43(17-15-27)35(45)23-42(3)4)36(46)29(26)20-32(33)41-37-39-21-30(38)31(40-37)18-25-10-8-9-13-34(25)50(47,48)28-11-6-5-7-12-28;1-21(2)47-29-16-22-19-42(23-12-14-41(15-13-23)31(43)20-40(3)4)33(44)25(22)17-28(29)38-34-36-18-26(35)32(39-34)37-27-10-5-6-11-30(27)48(45,46)24-8-7-9-24;1-20(2)47-29-16-22-19-42(23-11-14-41(15-12-23)33(44)27-9-7-13-36-27)32(43)24(22)17-28(29)39-34-37-18-25(35)31(40-34)38-26-8-5-6-10-30(26)48(45,46)21(3)4/h8-10,13,19-21,24,27-28H,5-7,11-12,14-18,22-23H2,1-4H3,(H,39,40,41);5-6,10-11,16-18,21,23-24H,7-9,12-15,19-20H2,1-4H3,(H2,36,37,38,39);5-6,8,10,16-18,20-21,23,27,36H,7,9,11-15,19H2,1-4H3,(H2,37,38,39,40)/t;;27-/m..0/s1. The third kappa shape index (κ3) is 24.8. The fraction of sp³-hybridized carbons (Fsp3) is 0.486. The molecule has 146 heavy (non-hydrogen) atoms. The van der Waals surface area contributed by atoms with Crippen molar-refractivity contribution in [1.82, 2.24) is 74.4 Å². The van der Waals surface area contributed by atoms with Crippen LogP contribution in [0.1, 0.15) is 217 Å². The van der Waals surface area contributed by atoms with Crippen LogP contribution in [0.25, 0.3) is 0 Å². The number of anilines is 10. The Bertz CT molecular complexity index is 6700. The number of carbonyl (C=O) groups excluding carboxylic acids is 6. The number of likely N-dealkylation sites (N-methyl/N-ethyl adjacent to an activating group) is 2. The highest BCUT2D eigenvalue weighted by molar-refractivity contribution is 7.92. The van der Waals surface area contributed by atoms with E-state index in [1.54, 1.807) is 92.7 Å². The van der Waals surface area contributed by atoms with Crippen LogP contribution < -0.4 is 46.1 Å². The van der Waals surface area contributed by atoms with E-state index in [9.17, 15) is 54.0 Å². The number of aromatic nitrogens is 6. The maximum absolute atomic E-state index is 13.8. The number of amides is 6. The highest BCUT2D eigenvalue weighted by atomic mass is 35.5. The largest absolute Gasteiger partial charge is 0.489 e. The zero-order chi connectivity index (χ0) is 104. The summed E-state index contributed by atoms with van der Waals surface area (Å²) in [6, 6.07) is 31.5. The van der Waals surface area contributed by atoms with Gasteiger partial charge in [-0.3, -0.25) is 28.8 Å². The zero-order valence-corrected chi connectivity index (χ0v) is 89.4. The van der Waals surface area contributed by atoms with Crippen LogP contribution in [0.3, 0.4) is 0 Å². The molecule has 35 nitrogen and oxygen atoms in total. The summed E-state index contributed by atoms with van der Waals surface area (Å²) in [5.74, 6) is 2.93. The molecule has 4 saturated heterocycles. The number of hydrogen-bond donors (Lipinski definition) is 6. The van der Waals surface area contributed by atoms with Gasteiger partial charge in [-0.05, 0) is 256 Å². The van der Waals surface area contributed by atoms with Crippen LogP contribution in [0, 0.1) is 0 Å². The maximum Gasteiger partial charge on any atom is 0.254 e. The van der Waals surface area contributed by atoms with Gasteiger partial charge in [0.25, 0.3) is 17.7 Å². The lowest BCUT2D eigenvalue weighted by molar-refractivity contribution is -0.135. The fourth-order valence-corrected chi connectivity index (χ4v) is 25.8. The highest BCUT2D eigenvalue weighted by Gasteiger charge is 2.43. The van der Waals surface area contributed by atoms with E-state index in [1.807, 2.05) is 139 Å². The molecule has 6 N–H and O–H groups in total. The summed E-state index contributed by atoms with van der Waals surface area (Å²) in [6.45, 7) is 21.6. The molecule has 2 aliphatic carbocycles. The quantitative estimate of drug-likeness (QED) is 0.0228. The van der Waals surface area contributed by atoms with Crippen LogP contribution in [-0.4, -0.2) is 275 Å². The van der Waals surface area contributed by atoms with Crippen molar-refractivity contribution in [1.29, 1.82) is 0 Å². The summed E-state index contributed by atoms with van der Waals surface area (Å²) < 4.78 is 98.5. The summed E-state index contributed by atoms with van der Waals surface area (Å²) in [6.07, 6.45) is 16.9. The van der Waals surface area contributed by atoms with Gasteiger partial charge in [0.1, 0.15) is 27.3 Å². The average Bonchev–Trinajstić information content (AvgIpc) is 1.26. The molecule has 0 unspecified atom stereocenters. The second-order valence-electron chi connectivity index (χ2n) is 40.4. The second-order valence-corrected chi connectivity index (χ2v) is 48.5. The van der Waals surface area contributed by atoms with Crippen molar-refractivity contribution in [3.8, 4) is 17.2 Å². The topological polar surface area (TPSA) is 408 Å². The molecule has 2 saturated carbocycles. The minimum Gasteiger partial charge on any atom is -0.489 e. The number of likely N-dealkylation sites (tertiary alicyclic amines) is 3. The molecular formula is C105H131Cl3N20O15S3. The molecule has 41 heteroatoms. The smallest absolute Gasteiger partial charge is 0.254 e. The predicted molar refractivity (Wildman–Crippen MR) is 564 cm³/mol. The van der Waals surface area contributed by atoms with E-state index in [0.717, 1.165) is 100 Å². The third-order valence-corrected chi connectivity index (χ3v) is 35.6. The van der Waals surface area contributed by atoms with Gasteiger partial charge in [-0.1, -0.05) is 103 Å². The SMILES string of the molecule is CC(C)Oc1cc2c(cc1Nc1ncc(Cl)c(Cc3ccccc3S(=O)(=O)C3CCCCC3)n1)C(=O)N(C1CCN(C(=O)CN(C)C)CC1)C2.CC(C)Oc1cc2c(cc1Nc1ncc(Cl)c(Nc3ccccc3S(=O)(=O)C(C)C)n1)C(=O)N(C1CCN(C(=O)[C@@H]3CCCN3)CC1)C2.CC(C)Oc1cc2c(cc1Nc1ncc(Cl)c(Nc3ccccc3S(=O)(=O)C3CCC3)n1)C(=O)N(C1CCN(C(=O)CN(C)C)CC1)C2. The molecule has 9 aromatic rings. The van der Waals surface area contributed by atoms with Gasteiger partial charge in [-0.25, -0.2) is 45.2 Å². The van der Waals surface area contributed by atoms with Crippen molar-refractivity contribution < 1.29 is 68.2 Å². The van der Waals surface area contributed by atoms with Crippen LogP contribution in [0.5, 0.6) is 17.2 Å². The summed E-state index contributed by atoms with van der Waals surface area (Å²) in [5.41, 5.74) is 7.79. The fourth-order valence-electron chi connectivity index (χ4n) is 20.1. The molecule has 6 amide bonds. The van der Waals surface area contributed by atoms with Crippen LogP contribution in [0.15, 0.2) is 142 Å². The van der Waals surface area contributed by atoms with E-state index in [-0.39, 0.29) is 144 Å². The molecule has 7 aliphatic heterocycles. The molecule has 3 aromatic heterocycles. The molecule has 10 heterocycles.